The van der Waals surface area contributed by atoms with Crippen LogP contribution in [0.5, 0.6) is 0 Å². The van der Waals surface area contributed by atoms with E-state index in [1.54, 1.807) is 0 Å². The number of ketones is 1. The molecule has 2 amide bonds. The van der Waals surface area contributed by atoms with Crippen LogP contribution < -0.4 is 10.6 Å². The first-order valence-electron chi connectivity index (χ1n) is 9.58. The van der Waals surface area contributed by atoms with E-state index in [1.165, 1.54) is 39.1 Å². The number of amides is 2. The summed E-state index contributed by atoms with van der Waals surface area (Å²) in [5.74, 6) is -5.04. The number of Topliss-reactive ketones (excluding diaryl/α,β-unsaturated/α-hetero) is 1. The molecule has 0 saturated carbocycles. The van der Waals surface area contributed by atoms with Gasteiger partial charge < -0.3 is 15.5 Å². The lowest BCUT2D eigenvalue weighted by atomic mass is 9.99. The van der Waals surface area contributed by atoms with Crippen LogP contribution >= 0.6 is 12.2 Å². The zero-order chi connectivity index (χ0) is 24.2. The van der Waals surface area contributed by atoms with Crippen LogP contribution in [0, 0.1) is 11.7 Å². The SMILES string of the molecule is CC(=S)NC1C=NC(c2ccc(F)cc2)N(CC(=O)NC(C(=O)C(F)(F)F)C(C)C)C1=O. The normalized spacial score (nSPS) is 19.6. The molecule has 32 heavy (non-hydrogen) atoms. The Morgan fingerprint density at radius 1 is 1.22 bits per heavy atom. The molecule has 2 N–H and O–H groups in total. The van der Waals surface area contributed by atoms with Crippen molar-refractivity contribution in [3.05, 3.63) is 35.6 Å². The van der Waals surface area contributed by atoms with Gasteiger partial charge in [0, 0.05) is 6.21 Å². The highest BCUT2D eigenvalue weighted by molar-refractivity contribution is 7.80. The van der Waals surface area contributed by atoms with Crippen molar-refractivity contribution in [1.29, 1.82) is 0 Å². The van der Waals surface area contributed by atoms with Crippen LogP contribution in [-0.2, 0) is 14.4 Å². The highest BCUT2D eigenvalue weighted by atomic mass is 32.1. The van der Waals surface area contributed by atoms with E-state index in [0.717, 1.165) is 17.0 Å². The summed E-state index contributed by atoms with van der Waals surface area (Å²) in [4.78, 5) is 42.8. The molecule has 0 radical (unpaired) electrons. The van der Waals surface area contributed by atoms with Crippen molar-refractivity contribution in [2.45, 2.75) is 45.2 Å². The number of hydrogen-bond donors (Lipinski definition) is 2. The molecule has 0 aliphatic carbocycles. The van der Waals surface area contributed by atoms with E-state index in [4.69, 9.17) is 12.2 Å². The zero-order valence-corrected chi connectivity index (χ0v) is 18.3. The second-order valence-electron chi connectivity index (χ2n) is 7.52. The van der Waals surface area contributed by atoms with Crippen LogP contribution in [0.1, 0.15) is 32.5 Å². The molecule has 1 aromatic carbocycles. The Balaban J connectivity index is 2.30. The van der Waals surface area contributed by atoms with Crippen LogP contribution in [0.25, 0.3) is 0 Å². The first-order valence-corrected chi connectivity index (χ1v) is 9.98. The van der Waals surface area contributed by atoms with E-state index < -0.39 is 60.3 Å². The second-order valence-corrected chi connectivity index (χ2v) is 8.13. The van der Waals surface area contributed by atoms with Gasteiger partial charge >= 0.3 is 6.18 Å². The van der Waals surface area contributed by atoms with Gasteiger partial charge in [0.1, 0.15) is 24.6 Å². The third-order valence-corrected chi connectivity index (χ3v) is 4.72. The van der Waals surface area contributed by atoms with Crippen LogP contribution in [0.3, 0.4) is 0 Å². The lowest BCUT2D eigenvalue weighted by Crippen LogP contribution is -2.56. The monoisotopic (exact) mass is 474 g/mol. The molecule has 3 atom stereocenters. The van der Waals surface area contributed by atoms with Crippen molar-refractivity contribution >= 4 is 41.0 Å². The number of rotatable bonds is 7. The summed E-state index contributed by atoms with van der Waals surface area (Å²) < 4.78 is 52.0. The number of halogens is 4. The van der Waals surface area contributed by atoms with Gasteiger partial charge in [-0.2, -0.15) is 13.2 Å². The molecule has 0 aromatic heterocycles. The molecule has 1 aliphatic heterocycles. The number of aliphatic imine (C=N–C) groups is 1. The number of carbonyl (C=O) groups is 3. The van der Waals surface area contributed by atoms with Gasteiger partial charge in [0.05, 0.1) is 11.0 Å². The minimum Gasteiger partial charge on any atom is -0.364 e. The molecular weight excluding hydrogens is 452 g/mol. The number of alkyl halides is 3. The third kappa shape index (κ3) is 6.31. The van der Waals surface area contributed by atoms with Gasteiger partial charge in [-0.25, -0.2) is 4.39 Å². The van der Waals surface area contributed by atoms with Gasteiger partial charge in [-0.3, -0.25) is 19.4 Å². The highest BCUT2D eigenvalue weighted by Crippen LogP contribution is 2.26. The molecule has 1 aromatic rings. The van der Waals surface area contributed by atoms with Gasteiger partial charge in [0.2, 0.25) is 5.91 Å². The molecule has 0 fully saturated rings. The van der Waals surface area contributed by atoms with E-state index in [-0.39, 0.29) is 4.99 Å². The molecule has 0 spiro atoms. The lowest BCUT2D eigenvalue weighted by Gasteiger charge is -2.35. The molecule has 1 heterocycles. The van der Waals surface area contributed by atoms with Crippen molar-refractivity contribution in [2.24, 2.45) is 10.9 Å². The maximum atomic E-state index is 13.3. The Bertz CT molecular complexity index is 918. The fourth-order valence-corrected chi connectivity index (χ4v) is 3.21. The van der Waals surface area contributed by atoms with Gasteiger partial charge in [-0.05, 0) is 30.5 Å². The number of carbonyl (C=O) groups excluding carboxylic acids is 3. The number of thiocarbonyl (C=S) groups is 1. The Morgan fingerprint density at radius 3 is 2.31 bits per heavy atom. The maximum Gasteiger partial charge on any atom is 0.452 e. The summed E-state index contributed by atoms with van der Waals surface area (Å²) in [5.41, 5.74) is 0.383. The summed E-state index contributed by atoms with van der Waals surface area (Å²) in [6.07, 6.45) is -4.85. The molecule has 0 bridgehead atoms. The minimum absolute atomic E-state index is 0.287. The predicted octanol–water partition coefficient (Wildman–Crippen LogP) is 2.32. The van der Waals surface area contributed by atoms with Gasteiger partial charge in [-0.15, -0.1) is 0 Å². The van der Waals surface area contributed by atoms with Crippen molar-refractivity contribution in [2.75, 3.05) is 6.54 Å². The highest BCUT2D eigenvalue weighted by Gasteiger charge is 2.45. The smallest absolute Gasteiger partial charge is 0.364 e. The van der Waals surface area contributed by atoms with Crippen molar-refractivity contribution < 1.29 is 31.9 Å². The zero-order valence-electron chi connectivity index (χ0n) is 17.4. The quantitative estimate of drug-likeness (QED) is 0.468. The molecular formula is C20H22F4N4O3S. The van der Waals surface area contributed by atoms with Gasteiger partial charge in [0.25, 0.3) is 11.7 Å². The standard InChI is InChI=1S/C20H22F4N4O3S/c1-10(2)16(17(30)20(22,23)24)27-15(29)9-28-18(12-4-6-13(21)7-5-12)25-8-14(19(28)31)26-11(3)32/h4-8,10,14,16,18H,9H2,1-3H3,(H,26,32)(H,27,29). The first-order chi connectivity index (χ1) is 14.8. The van der Waals surface area contributed by atoms with Crippen molar-refractivity contribution in [3.63, 3.8) is 0 Å². The summed E-state index contributed by atoms with van der Waals surface area (Å²) >= 11 is 4.93. The number of hydrogen-bond acceptors (Lipinski definition) is 5. The fraction of sp³-hybridized carbons (Fsp3) is 0.450. The summed E-state index contributed by atoms with van der Waals surface area (Å²) in [7, 11) is 0. The molecule has 12 heteroatoms. The number of nitrogens with one attached hydrogen (secondary N) is 2. The average molecular weight is 474 g/mol. The molecule has 7 nitrogen and oxygen atoms in total. The molecule has 1 aliphatic rings. The lowest BCUT2D eigenvalue weighted by molar-refractivity contribution is -0.175. The van der Waals surface area contributed by atoms with Gasteiger partial charge in [0.15, 0.2) is 0 Å². The van der Waals surface area contributed by atoms with E-state index in [1.807, 2.05) is 0 Å². The Hall–Kier alpha value is -2.89. The number of nitrogens with zero attached hydrogens (tertiary/aromatic N) is 2. The van der Waals surface area contributed by atoms with E-state index in [2.05, 4.69) is 15.6 Å². The van der Waals surface area contributed by atoms with Crippen molar-refractivity contribution in [1.82, 2.24) is 15.5 Å². The average Bonchev–Trinajstić information content (AvgIpc) is 2.68. The second kappa shape index (κ2) is 10.2. The fourth-order valence-electron chi connectivity index (χ4n) is 3.08. The largest absolute Gasteiger partial charge is 0.452 e. The molecule has 2 rings (SSSR count). The first kappa shape index (κ1) is 25.4. The van der Waals surface area contributed by atoms with E-state index >= 15 is 0 Å². The third-order valence-electron chi connectivity index (χ3n) is 4.61. The maximum absolute atomic E-state index is 13.3. The molecule has 174 valence electrons. The Morgan fingerprint density at radius 2 is 1.81 bits per heavy atom. The number of benzene rings is 1. The topological polar surface area (TPSA) is 90.9 Å². The molecule has 3 unspecified atom stereocenters. The van der Waals surface area contributed by atoms with E-state index in [0.29, 0.717) is 5.56 Å². The summed E-state index contributed by atoms with van der Waals surface area (Å²) in [5, 5.41) is 4.78. The summed E-state index contributed by atoms with van der Waals surface area (Å²) in [6.45, 7) is 3.57. The Labute approximate surface area is 187 Å². The Kier molecular flexibility index (Phi) is 8.05. The van der Waals surface area contributed by atoms with Crippen LogP contribution in [-0.4, -0.2) is 58.5 Å². The van der Waals surface area contributed by atoms with Crippen LogP contribution in [0.2, 0.25) is 0 Å². The van der Waals surface area contributed by atoms with Gasteiger partial charge in [-0.1, -0.05) is 38.2 Å². The van der Waals surface area contributed by atoms with Crippen LogP contribution in [0.4, 0.5) is 17.6 Å². The van der Waals surface area contributed by atoms with Crippen LogP contribution in [0.15, 0.2) is 29.3 Å². The minimum atomic E-state index is -5.13. The van der Waals surface area contributed by atoms with Crippen molar-refractivity contribution in [3.8, 4) is 0 Å². The molecule has 0 saturated heterocycles. The summed E-state index contributed by atoms with van der Waals surface area (Å²) in [6, 6.07) is 2.24. The predicted molar refractivity (Wildman–Crippen MR) is 112 cm³/mol. The van der Waals surface area contributed by atoms with E-state index in [9.17, 15) is 31.9 Å².